The van der Waals surface area contributed by atoms with Gasteiger partial charge in [-0.3, -0.25) is 9.59 Å². The minimum absolute atomic E-state index is 0.0310. The monoisotopic (exact) mass is 459 g/mol. The molecule has 9 nitrogen and oxygen atoms in total. The molecule has 0 radical (unpaired) electrons. The number of hydrogen-bond donors (Lipinski definition) is 0. The number of halogens is 1. The second-order valence-electron chi connectivity index (χ2n) is 6.75. The maximum atomic E-state index is 13.4. The van der Waals surface area contributed by atoms with E-state index in [2.05, 4.69) is 10.1 Å². The van der Waals surface area contributed by atoms with E-state index in [9.17, 15) is 14.4 Å². The first-order chi connectivity index (χ1) is 15.4. The van der Waals surface area contributed by atoms with Gasteiger partial charge in [0.25, 0.3) is 0 Å². The molecule has 0 saturated carbocycles. The molecule has 0 bridgehead atoms. The summed E-state index contributed by atoms with van der Waals surface area (Å²) in [6, 6.07) is 10.3. The number of nitrogens with zero attached hydrogens (tertiary/aromatic N) is 3. The van der Waals surface area contributed by atoms with Crippen LogP contribution in [0.15, 0.2) is 42.7 Å². The largest absolute Gasteiger partial charge is 0.465 e. The number of pyridine rings is 1. The molecule has 0 aliphatic heterocycles. The molecule has 0 fully saturated rings. The van der Waals surface area contributed by atoms with Crippen LogP contribution in [-0.2, 0) is 35.6 Å². The summed E-state index contributed by atoms with van der Waals surface area (Å²) in [6.07, 6.45) is 1.10. The zero-order valence-corrected chi connectivity index (χ0v) is 18.6. The van der Waals surface area contributed by atoms with Crippen LogP contribution in [0, 0.1) is 0 Å². The summed E-state index contributed by atoms with van der Waals surface area (Å²) in [7, 11) is 1.20. The molecule has 1 aromatic carbocycles. The number of fused-ring (bicyclic) bond motifs is 1. The molecule has 0 amide bonds. The highest BCUT2D eigenvalue weighted by Gasteiger charge is 2.53. The molecule has 3 aromatic rings. The molecule has 0 spiro atoms. The highest BCUT2D eigenvalue weighted by Crippen LogP contribution is 2.36. The van der Waals surface area contributed by atoms with Crippen molar-refractivity contribution in [2.24, 2.45) is 0 Å². The van der Waals surface area contributed by atoms with Crippen LogP contribution in [0.2, 0.25) is 5.02 Å². The third-order valence-corrected chi connectivity index (χ3v) is 5.19. The van der Waals surface area contributed by atoms with Gasteiger partial charge in [-0.1, -0.05) is 41.9 Å². The number of esters is 3. The van der Waals surface area contributed by atoms with E-state index in [4.69, 9.17) is 25.8 Å². The normalized spacial score (nSPS) is 11.2. The minimum atomic E-state index is -1.96. The fourth-order valence-corrected chi connectivity index (χ4v) is 3.75. The van der Waals surface area contributed by atoms with Crippen LogP contribution in [0.5, 0.6) is 0 Å². The molecule has 32 heavy (non-hydrogen) atoms. The van der Waals surface area contributed by atoms with Crippen LogP contribution in [0.25, 0.3) is 5.65 Å². The van der Waals surface area contributed by atoms with Crippen LogP contribution >= 0.6 is 11.6 Å². The zero-order valence-electron chi connectivity index (χ0n) is 17.8. The molecular weight excluding hydrogens is 438 g/mol. The maximum absolute atomic E-state index is 13.4. The summed E-state index contributed by atoms with van der Waals surface area (Å²) in [4.78, 5) is 43.2. The van der Waals surface area contributed by atoms with Crippen molar-refractivity contribution in [3.63, 3.8) is 0 Å². The number of benzene rings is 1. The van der Waals surface area contributed by atoms with Crippen LogP contribution in [0.1, 0.15) is 35.5 Å². The van der Waals surface area contributed by atoms with Gasteiger partial charge in [0.15, 0.2) is 5.65 Å². The Morgan fingerprint density at radius 3 is 2.25 bits per heavy atom. The first-order valence-corrected chi connectivity index (χ1v) is 10.3. The summed E-state index contributed by atoms with van der Waals surface area (Å²) in [5, 5.41) is 4.10. The molecule has 168 valence electrons. The van der Waals surface area contributed by atoms with Crippen molar-refractivity contribution in [1.82, 2.24) is 14.6 Å². The Bertz CT molecular complexity index is 1130. The molecule has 0 N–H and O–H groups in total. The third kappa shape index (κ3) is 4.03. The molecule has 0 aliphatic carbocycles. The first-order valence-electron chi connectivity index (χ1n) is 9.90. The van der Waals surface area contributed by atoms with Crippen molar-refractivity contribution in [2.45, 2.75) is 25.7 Å². The van der Waals surface area contributed by atoms with Crippen molar-refractivity contribution in [2.75, 3.05) is 20.3 Å². The van der Waals surface area contributed by atoms with Gasteiger partial charge in [0.1, 0.15) is 11.9 Å². The predicted octanol–water partition coefficient (Wildman–Crippen LogP) is 2.78. The second-order valence-corrected chi connectivity index (χ2v) is 7.16. The van der Waals surface area contributed by atoms with Gasteiger partial charge in [0.05, 0.1) is 31.0 Å². The van der Waals surface area contributed by atoms with Gasteiger partial charge in [-0.2, -0.15) is 5.10 Å². The average molecular weight is 460 g/mol. The van der Waals surface area contributed by atoms with Gasteiger partial charge < -0.3 is 14.2 Å². The Hall–Kier alpha value is -3.46. The van der Waals surface area contributed by atoms with Gasteiger partial charge in [-0.05, 0) is 25.5 Å². The number of rotatable bonds is 8. The highest BCUT2D eigenvalue weighted by atomic mass is 35.5. The summed E-state index contributed by atoms with van der Waals surface area (Å²) in [6.45, 7) is 3.33. The Labute approximate surface area is 189 Å². The summed E-state index contributed by atoms with van der Waals surface area (Å²) >= 11 is 6.43. The van der Waals surface area contributed by atoms with Crippen molar-refractivity contribution >= 4 is 35.2 Å². The third-order valence-electron chi connectivity index (χ3n) is 4.89. The maximum Gasteiger partial charge on any atom is 0.343 e. The van der Waals surface area contributed by atoms with Crippen LogP contribution in [-0.4, -0.2) is 52.8 Å². The molecule has 10 heteroatoms. The number of hydrogen-bond acceptors (Lipinski definition) is 8. The molecule has 3 rings (SSSR count). The Morgan fingerprint density at radius 1 is 1.06 bits per heavy atom. The standard InChI is InChI=1S/C22H22ClN3O6/c1-4-31-20(28)22(21(29)32-5-2,12-14-9-7-6-8-10-14)16-11-15(23)17(19(27)30-3)18-24-13-25-26(16)18/h6-11,13H,4-5,12H2,1-3H3. The van der Waals surface area contributed by atoms with Gasteiger partial charge in [-0.25, -0.2) is 14.3 Å². The fourth-order valence-electron chi connectivity index (χ4n) is 3.48. The molecule has 0 atom stereocenters. The van der Waals surface area contributed by atoms with E-state index in [0.29, 0.717) is 5.56 Å². The summed E-state index contributed by atoms with van der Waals surface area (Å²) in [5.41, 5.74) is -1.24. The van der Waals surface area contributed by atoms with E-state index >= 15 is 0 Å². The summed E-state index contributed by atoms with van der Waals surface area (Å²) < 4.78 is 16.7. The van der Waals surface area contributed by atoms with E-state index in [1.807, 2.05) is 6.07 Å². The number of ether oxygens (including phenoxy) is 3. The number of carbonyl (C=O) groups excluding carboxylic acids is 3. The Kier molecular flexibility index (Phi) is 7.09. The van der Waals surface area contributed by atoms with Gasteiger partial charge in [-0.15, -0.1) is 0 Å². The lowest BCUT2D eigenvalue weighted by molar-refractivity contribution is -0.165. The quantitative estimate of drug-likeness (QED) is 0.287. The molecule has 0 aliphatic rings. The van der Waals surface area contributed by atoms with Crippen LogP contribution in [0.3, 0.4) is 0 Å². The van der Waals surface area contributed by atoms with Gasteiger partial charge in [0.2, 0.25) is 5.41 Å². The smallest absolute Gasteiger partial charge is 0.343 e. The van der Waals surface area contributed by atoms with E-state index in [1.165, 1.54) is 24.0 Å². The summed E-state index contributed by atoms with van der Waals surface area (Å²) in [5.74, 6) is -2.40. The van der Waals surface area contributed by atoms with Crippen molar-refractivity contribution in [3.05, 3.63) is 64.6 Å². The average Bonchev–Trinajstić information content (AvgIpc) is 3.27. The molecule has 0 saturated heterocycles. The first kappa shape index (κ1) is 23.2. The predicted molar refractivity (Wildman–Crippen MR) is 114 cm³/mol. The van der Waals surface area contributed by atoms with E-state index < -0.39 is 23.3 Å². The lowest BCUT2D eigenvalue weighted by Crippen LogP contribution is -2.49. The number of aromatic nitrogens is 3. The molecule has 2 aromatic heterocycles. The van der Waals surface area contributed by atoms with E-state index in [-0.39, 0.29) is 41.6 Å². The van der Waals surface area contributed by atoms with Crippen LogP contribution in [0.4, 0.5) is 0 Å². The van der Waals surface area contributed by atoms with E-state index in [0.717, 1.165) is 0 Å². The van der Waals surface area contributed by atoms with Gasteiger partial charge >= 0.3 is 17.9 Å². The van der Waals surface area contributed by atoms with Crippen molar-refractivity contribution < 1.29 is 28.6 Å². The molecular formula is C22H22ClN3O6. The Morgan fingerprint density at radius 2 is 1.69 bits per heavy atom. The number of carbonyl (C=O) groups is 3. The zero-order chi connectivity index (χ0) is 23.3. The highest BCUT2D eigenvalue weighted by molar-refractivity contribution is 6.34. The van der Waals surface area contributed by atoms with Gasteiger partial charge in [0, 0.05) is 6.42 Å². The molecule has 0 unspecified atom stereocenters. The number of methoxy groups -OCH3 is 1. The van der Waals surface area contributed by atoms with Crippen molar-refractivity contribution in [1.29, 1.82) is 0 Å². The Balaban J connectivity index is 2.38. The minimum Gasteiger partial charge on any atom is -0.465 e. The SMILES string of the molecule is CCOC(=O)C(Cc1ccccc1)(C(=O)OCC)c1cc(Cl)c(C(=O)OC)c2ncnn12. The second kappa shape index (κ2) is 9.78. The fraction of sp³-hybridized carbons (Fsp3) is 0.318. The van der Waals surface area contributed by atoms with E-state index in [1.54, 1.807) is 38.1 Å². The lowest BCUT2D eigenvalue weighted by atomic mass is 9.77. The topological polar surface area (TPSA) is 109 Å². The lowest BCUT2D eigenvalue weighted by Gasteiger charge is -2.30. The van der Waals surface area contributed by atoms with Crippen LogP contribution < -0.4 is 0 Å². The molecule has 2 heterocycles. The van der Waals surface area contributed by atoms with Crippen molar-refractivity contribution in [3.8, 4) is 0 Å².